The summed E-state index contributed by atoms with van der Waals surface area (Å²) in [6.45, 7) is 2.24. The third kappa shape index (κ3) is 9.89. The van der Waals surface area contributed by atoms with Crippen LogP contribution < -0.4 is 5.32 Å². The molecular weight excluding hydrogens is 416 g/mol. The zero-order valence-electron chi connectivity index (χ0n) is 19.6. The molecule has 0 aliphatic carbocycles. The largest absolute Gasteiger partial charge is 0.481 e. The van der Waals surface area contributed by atoms with Crippen LogP contribution in [0.1, 0.15) is 92.6 Å². The third-order valence-electron chi connectivity index (χ3n) is 5.71. The van der Waals surface area contributed by atoms with E-state index in [1.54, 1.807) is 24.3 Å². The minimum absolute atomic E-state index is 0.118. The van der Waals surface area contributed by atoms with Gasteiger partial charge in [-0.05, 0) is 48.2 Å². The number of benzene rings is 2. The Morgan fingerprint density at radius 1 is 0.788 bits per heavy atom. The van der Waals surface area contributed by atoms with Gasteiger partial charge in [-0.2, -0.15) is 0 Å². The Bertz CT molecular complexity index is 889. The highest BCUT2D eigenvalue weighted by atomic mass is 16.4. The maximum absolute atomic E-state index is 12.5. The van der Waals surface area contributed by atoms with Crippen molar-refractivity contribution in [2.24, 2.45) is 5.16 Å². The second-order valence-electron chi connectivity index (χ2n) is 8.39. The number of nitrogens with one attached hydrogen (secondary N) is 1. The van der Waals surface area contributed by atoms with Crippen molar-refractivity contribution in [1.82, 2.24) is 0 Å². The van der Waals surface area contributed by atoms with Gasteiger partial charge >= 0.3 is 5.97 Å². The van der Waals surface area contributed by atoms with Crippen LogP contribution in [-0.4, -0.2) is 27.9 Å². The second kappa shape index (κ2) is 14.8. The summed E-state index contributed by atoms with van der Waals surface area (Å²) < 4.78 is 0. The molecule has 178 valence electrons. The van der Waals surface area contributed by atoms with Crippen LogP contribution in [0.15, 0.2) is 53.7 Å². The summed E-state index contributed by atoms with van der Waals surface area (Å²) in [4.78, 5) is 23.3. The Balaban J connectivity index is 1.78. The average molecular weight is 453 g/mol. The van der Waals surface area contributed by atoms with E-state index >= 15 is 0 Å². The number of aliphatic carboxylic acids is 1. The number of oxime groups is 1. The molecule has 0 heterocycles. The Morgan fingerprint density at radius 3 is 1.94 bits per heavy atom. The molecule has 6 nitrogen and oxygen atoms in total. The molecule has 1 amide bonds. The number of nitrogens with zero attached hydrogens (tertiary/aromatic N) is 1. The molecule has 6 heteroatoms. The second-order valence-corrected chi connectivity index (χ2v) is 8.39. The van der Waals surface area contributed by atoms with E-state index in [1.807, 2.05) is 24.3 Å². The molecular formula is C27H36N2O4. The highest BCUT2D eigenvalue weighted by molar-refractivity contribution is 6.05. The number of anilines is 1. The summed E-state index contributed by atoms with van der Waals surface area (Å²) in [6.07, 6.45) is 11.4. The van der Waals surface area contributed by atoms with E-state index in [2.05, 4.69) is 17.4 Å². The molecule has 0 aliphatic heterocycles. The number of aryl methyl sites for hydroxylation is 1. The predicted octanol–water partition coefficient (Wildman–Crippen LogP) is 6.67. The third-order valence-corrected chi connectivity index (χ3v) is 5.71. The lowest BCUT2D eigenvalue weighted by Crippen LogP contribution is -2.12. The number of amides is 1. The number of hydrogen-bond donors (Lipinski definition) is 3. The molecule has 0 radical (unpaired) electrons. The van der Waals surface area contributed by atoms with E-state index in [0.29, 0.717) is 22.5 Å². The fourth-order valence-electron chi connectivity index (χ4n) is 3.71. The van der Waals surface area contributed by atoms with E-state index in [9.17, 15) is 9.59 Å². The van der Waals surface area contributed by atoms with Gasteiger partial charge in [-0.15, -0.1) is 0 Å². The topological polar surface area (TPSA) is 99.0 Å². The summed E-state index contributed by atoms with van der Waals surface area (Å²) in [5.41, 5.74) is 3.36. The van der Waals surface area contributed by atoms with E-state index in [4.69, 9.17) is 10.3 Å². The van der Waals surface area contributed by atoms with Crippen molar-refractivity contribution in [2.75, 3.05) is 5.32 Å². The summed E-state index contributed by atoms with van der Waals surface area (Å²) in [5.74, 6) is -1.15. The van der Waals surface area contributed by atoms with E-state index < -0.39 is 5.97 Å². The molecule has 2 rings (SSSR count). The monoisotopic (exact) mass is 452 g/mol. The number of carboxylic acids is 1. The molecule has 0 bridgehead atoms. The van der Waals surface area contributed by atoms with Gasteiger partial charge in [-0.1, -0.05) is 81.3 Å². The van der Waals surface area contributed by atoms with Crippen molar-refractivity contribution in [3.05, 3.63) is 65.2 Å². The Kier molecular flexibility index (Phi) is 11.7. The maximum Gasteiger partial charge on any atom is 0.303 e. The molecule has 0 aromatic heterocycles. The Labute approximate surface area is 196 Å². The summed E-state index contributed by atoms with van der Waals surface area (Å²) in [5, 5.41) is 24.0. The summed E-state index contributed by atoms with van der Waals surface area (Å²) in [7, 11) is 0. The number of carbonyl (C=O) groups excluding carboxylic acids is 1. The fraction of sp³-hybridized carbons (Fsp3) is 0.444. The van der Waals surface area contributed by atoms with Crippen LogP contribution in [0.4, 0.5) is 5.69 Å². The molecule has 2 aromatic carbocycles. The van der Waals surface area contributed by atoms with E-state index in [-0.39, 0.29) is 18.7 Å². The quantitative estimate of drug-likeness (QED) is 0.122. The zero-order valence-corrected chi connectivity index (χ0v) is 19.6. The first kappa shape index (κ1) is 26.1. The number of carbonyl (C=O) groups is 2. The first-order valence-electron chi connectivity index (χ1n) is 12.0. The highest BCUT2D eigenvalue weighted by Crippen LogP contribution is 2.16. The van der Waals surface area contributed by atoms with Crippen LogP contribution in [0, 0.1) is 0 Å². The smallest absolute Gasteiger partial charge is 0.303 e. The van der Waals surface area contributed by atoms with Crippen molar-refractivity contribution in [3.8, 4) is 0 Å². The normalized spacial score (nSPS) is 11.4. The van der Waals surface area contributed by atoms with Gasteiger partial charge in [-0.25, -0.2) is 0 Å². The zero-order chi connectivity index (χ0) is 23.9. The number of rotatable bonds is 15. The number of hydrogen-bond acceptors (Lipinski definition) is 4. The molecule has 0 saturated carbocycles. The first-order valence-corrected chi connectivity index (χ1v) is 12.0. The minimum atomic E-state index is -0.955. The van der Waals surface area contributed by atoms with Crippen molar-refractivity contribution >= 4 is 23.3 Å². The molecule has 0 spiro atoms. The molecule has 0 unspecified atom stereocenters. The fourth-order valence-corrected chi connectivity index (χ4v) is 3.71. The standard InChI is InChI=1S/C27H36N2O4/c1-2-3-4-5-6-7-8-9-10-21-11-13-23(14-12-21)27(32)28-24-17-15-22(16-18-24)25(29-33)19-20-26(30)31/h11-18,33H,2-10,19-20H2,1H3,(H,28,32)(H,30,31)/b29-25-. The van der Waals surface area contributed by atoms with Crippen LogP contribution in [0.5, 0.6) is 0 Å². The maximum atomic E-state index is 12.5. The van der Waals surface area contributed by atoms with Gasteiger partial charge in [0.1, 0.15) is 0 Å². The van der Waals surface area contributed by atoms with Gasteiger partial charge in [0.2, 0.25) is 0 Å². The van der Waals surface area contributed by atoms with Crippen LogP contribution in [0.3, 0.4) is 0 Å². The minimum Gasteiger partial charge on any atom is -0.481 e. The van der Waals surface area contributed by atoms with E-state index in [1.165, 1.54) is 56.9 Å². The molecule has 33 heavy (non-hydrogen) atoms. The molecule has 2 aromatic rings. The molecule has 0 atom stereocenters. The number of carboxylic acid groups (broad SMARTS) is 1. The molecule has 0 saturated heterocycles. The van der Waals surface area contributed by atoms with Gasteiger partial charge in [0.05, 0.1) is 12.1 Å². The van der Waals surface area contributed by atoms with Crippen LogP contribution in [0.25, 0.3) is 0 Å². The lowest BCUT2D eigenvalue weighted by Gasteiger charge is -2.08. The predicted molar refractivity (Wildman–Crippen MR) is 132 cm³/mol. The lowest BCUT2D eigenvalue weighted by atomic mass is 10.0. The van der Waals surface area contributed by atoms with Gasteiger partial charge in [0, 0.05) is 17.7 Å². The Hall–Kier alpha value is -3.15. The highest BCUT2D eigenvalue weighted by Gasteiger charge is 2.10. The number of unbranched alkanes of at least 4 members (excludes halogenated alkanes) is 7. The van der Waals surface area contributed by atoms with Crippen molar-refractivity contribution in [2.45, 2.75) is 77.6 Å². The van der Waals surface area contributed by atoms with Crippen LogP contribution in [-0.2, 0) is 11.2 Å². The van der Waals surface area contributed by atoms with Gasteiger partial charge in [0.15, 0.2) is 0 Å². The van der Waals surface area contributed by atoms with Crippen molar-refractivity contribution in [1.29, 1.82) is 0 Å². The van der Waals surface area contributed by atoms with Crippen LogP contribution in [0.2, 0.25) is 0 Å². The van der Waals surface area contributed by atoms with Gasteiger partial charge < -0.3 is 15.6 Å². The van der Waals surface area contributed by atoms with Crippen LogP contribution >= 0.6 is 0 Å². The first-order chi connectivity index (χ1) is 16.0. The SMILES string of the molecule is CCCCCCCCCCc1ccc(C(=O)Nc2ccc(/C(CCC(=O)O)=N\O)cc2)cc1. The average Bonchev–Trinajstić information content (AvgIpc) is 2.82. The Morgan fingerprint density at radius 2 is 1.36 bits per heavy atom. The molecule has 3 N–H and O–H groups in total. The van der Waals surface area contributed by atoms with Gasteiger partial charge in [-0.3, -0.25) is 9.59 Å². The van der Waals surface area contributed by atoms with Gasteiger partial charge in [0.25, 0.3) is 5.91 Å². The molecule has 0 aliphatic rings. The van der Waals surface area contributed by atoms with Crippen molar-refractivity contribution in [3.63, 3.8) is 0 Å². The summed E-state index contributed by atoms with van der Waals surface area (Å²) in [6, 6.07) is 14.5. The van der Waals surface area contributed by atoms with Crippen molar-refractivity contribution < 1.29 is 19.9 Å². The van der Waals surface area contributed by atoms with E-state index in [0.717, 1.165) is 6.42 Å². The molecule has 0 fully saturated rings. The summed E-state index contributed by atoms with van der Waals surface area (Å²) >= 11 is 0. The lowest BCUT2D eigenvalue weighted by molar-refractivity contribution is -0.136.